The van der Waals surface area contributed by atoms with Gasteiger partial charge >= 0.3 is 5.97 Å². The first kappa shape index (κ1) is 18.8. The number of nitrogens with zero attached hydrogens (tertiary/aromatic N) is 6. The third kappa shape index (κ3) is 3.68. The van der Waals surface area contributed by atoms with Gasteiger partial charge in [0.2, 0.25) is 0 Å². The second-order valence-electron chi connectivity index (χ2n) is 6.48. The number of hydrogen-bond acceptors (Lipinski definition) is 9. The molecule has 0 saturated carbocycles. The Balaban J connectivity index is 1.38. The molecule has 4 heterocycles. The molecule has 0 saturated heterocycles. The zero-order valence-electron chi connectivity index (χ0n) is 15.5. The molecule has 5 rings (SSSR count). The maximum atomic E-state index is 10.8. The predicted molar refractivity (Wildman–Crippen MR) is 113 cm³/mol. The topological polar surface area (TPSA) is 119 Å². The van der Waals surface area contributed by atoms with Crippen molar-refractivity contribution < 1.29 is 9.90 Å². The van der Waals surface area contributed by atoms with E-state index in [0.717, 1.165) is 32.6 Å². The van der Waals surface area contributed by atoms with Crippen LogP contribution in [0.5, 0.6) is 0 Å². The van der Waals surface area contributed by atoms with Crippen molar-refractivity contribution in [2.75, 3.05) is 11.1 Å². The highest BCUT2D eigenvalue weighted by atomic mass is 32.2. The maximum absolute atomic E-state index is 10.8. The molecule has 0 fully saturated rings. The summed E-state index contributed by atoms with van der Waals surface area (Å²) >= 11 is 2.97. The van der Waals surface area contributed by atoms with Crippen LogP contribution in [-0.2, 0) is 11.3 Å². The van der Waals surface area contributed by atoms with E-state index in [1.54, 1.807) is 30.5 Å². The van der Waals surface area contributed by atoms with Gasteiger partial charge in [0, 0.05) is 23.0 Å². The molecule has 0 amide bonds. The number of carboxylic acid groups (broad SMARTS) is 1. The smallest absolute Gasteiger partial charge is 0.304 e. The minimum absolute atomic E-state index is 0.0739. The Morgan fingerprint density at radius 3 is 2.97 bits per heavy atom. The average molecular weight is 438 g/mol. The molecule has 2 N–H and O–H groups in total. The van der Waals surface area contributed by atoms with Gasteiger partial charge in [0.15, 0.2) is 11.5 Å². The molecule has 30 heavy (non-hydrogen) atoms. The SMILES string of the molecule is O=C(O)CCSc1ncnc2c1ncn2Cc1ccc2c(c1)Nc1nccnc1S2. The summed E-state index contributed by atoms with van der Waals surface area (Å²) in [5, 5.41) is 13.7. The number of aliphatic carboxylic acids is 1. The molecule has 3 aromatic heterocycles. The van der Waals surface area contributed by atoms with E-state index < -0.39 is 5.97 Å². The van der Waals surface area contributed by atoms with Crippen molar-refractivity contribution in [1.82, 2.24) is 29.5 Å². The van der Waals surface area contributed by atoms with Gasteiger partial charge in [-0.1, -0.05) is 17.8 Å². The van der Waals surface area contributed by atoms with E-state index in [4.69, 9.17) is 5.11 Å². The zero-order chi connectivity index (χ0) is 20.5. The Kier molecular flexibility index (Phi) is 4.97. The lowest BCUT2D eigenvalue weighted by molar-refractivity contribution is -0.136. The van der Waals surface area contributed by atoms with Crippen molar-refractivity contribution >= 4 is 52.2 Å². The van der Waals surface area contributed by atoms with E-state index in [-0.39, 0.29) is 6.42 Å². The summed E-state index contributed by atoms with van der Waals surface area (Å²) < 4.78 is 1.96. The monoisotopic (exact) mass is 437 g/mol. The molecule has 0 unspecified atom stereocenters. The Hall–Kier alpha value is -3.18. The first-order chi connectivity index (χ1) is 14.7. The minimum Gasteiger partial charge on any atom is -0.481 e. The highest BCUT2D eigenvalue weighted by Gasteiger charge is 2.18. The molecule has 150 valence electrons. The molecule has 1 aliphatic rings. The van der Waals surface area contributed by atoms with Crippen LogP contribution in [0.15, 0.2) is 58.2 Å². The van der Waals surface area contributed by atoms with Gasteiger partial charge in [-0.25, -0.2) is 24.9 Å². The molecule has 9 nitrogen and oxygen atoms in total. The molecule has 0 spiro atoms. The number of carboxylic acids is 1. The quantitative estimate of drug-likeness (QED) is 0.302. The highest BCUT2D eigenvalue weighted by Crippen LogP contribution is 2.42. The van der Waals surface area contributed by atoms with Gasteiger partial charge in [-0.3, -0.25) is 4.79 Å². The second-order valence-corrected chi connectivity index (χ2v) is 8.60. The lowest BCUT2D eigenvalue weighted by Crippen LogP contribution is -2.05. The predicted octanol–water partition coefficient (Wildman–Crippen LogP) is 3.44. The van der Waals surface area contributed by atoms with Crippen molar-refractivity contribution in [3.63, 3.8) is 0 Å². The third-order valence-corrected chi connectivity index (χ3v) is 6.49. The van der Waals surface area contributed by atoms with Crippen LogP contribution in [0.1, 0.15) is 12.0 Å². The summed E-state index contributed by atoms with van der Waals surface area (Å²) in [5.74, 6) is 0.370. The number of hydrogen-bond donors (Lipinski definition) is 2. The largest absolute Gasteiger partial charge is 0.481 e. The summed E-state index contributed by atoms with van der Waals surface area (Å²) in [7, 11) is 0. The summed E-state index contributed by atoms with van der Waals surface area (Å²) in [5.41, 5.74) is 3.49. The van der Waals surface area contributed by atoms with Crippen LogP contribution in [0, 0.1) is 0 Å². The first-order valence-corrected chi connectivity index (χ1v) is 10.9. The minimum atomic E-state index is -0.828. The molecular formula is C19H15N7O2S2. The van der Waals surface area contributed by atoms with Gasteiger partial charge in [0.25, 0.3) is 0 Å². The standard InChI is InChI=1S/C19H15N7O2S2/c27-14(28)3-6-29-18-15-17(22-9-23-18)26(10-24-15)8-11-1-2-13-12(7-11)25-16-19(30-13)21-5-4-20-16/h1-2,4-5,7,9-10H,3,6,8H2,(H,20,25)(H,27,28). The van der Waals surface area contributed by atoms with E-state index in [2.05, 4.69) is 48.4 Å². The third-order valence-electron chi connectivity index (χ3n) is 4.44. The summed E-state index contributed by atoms with van der Waals surface area (Å²) in [6, 6.07) is 6.24. The number of imidazole rings is 1. The van der Waals surface area contributed by atoms with Gasteiger partial charge in [0.1, 0.15) is 21.9 Å². The van der Waals surface area contributed by atoms with Gasteiger partial charge in [0.05, 0.1) is 25.0 Å². The van der Waals surface area contributed by atoms with Gasteiger partial charge in [-0.05, 0) is 17.7 Å². The molecule has 1 aromatic carbocycles. The van der Waals surface area contributed by atoms with Crippen LogP contribution in [0.2, 0.25) is 0 Å². The number of nitrogens with one attached hydrogen (secondary N) is 1. The van der Waals surface area contributed by atoms with Gasteiger partial charge < -0.3 is 15.0 Å². The van der Waals surface area contributed by atoms with Crippen molar-refractivity contribution in [2.45, 2.75) is 27.9 Å². The number of fused-ring (bicyclic) bond motifs is 3. The fourth-order valence-electron chi connectivity index (χ4n) is 3.09. The summed E-state index contributed by atoms with van der Waals surface area (Å²) in [6.07, 6.45) is 6.66. The lowest BCUT2D eigenvalue weighted by atomic mass is 10.2. The Morgan fingerprint density at radius 2 is 2.07 bits per heavy atom. The highest BCUT2D eigenvalue weighted by molar-refractivity contribution is 7.99. The Bertz CT molecular complexity index is 1260. The summed E-state index contributed by atoms with van der Waals surface area (Å²) in [6.45, 7) is 0.597. The van der Waals surface area contributed by atoms with Crippen molar-refractivity contribution in [3.8, 4) is 0 Å². The molecule has 0 bridgehead atoms. The van der Waals surface area contributed by atoms with E-state index >= 15 is 0 Å². The zero-order valence-corrected chi connectivity index (χ0v) is 17.2. The molecule has 11 heteroatoms. The van der Waals surface area contributed by atoms with E-state index in [0.29, 0.717) is 22.8 Å². The second kappa shape index (κ2) is 7.92. The van der Waals surface area contributed by atoms with Crippen LogP contribution >= 0.6 is 23.5 Å². The van der Waals surface area contributed by atoms with Crippen molar-refractivity contribution in [1.29, 1.82) is 0 Å². The van der Waals surface area contributed by atoms with Crippen LogP contribution in [-0.4, -0.2) is 46.3 Å². The number of rotatable bonds is 6. The van der Waals surface area contributed by atoms with Gasteiger partial charge in [-0.15, -0.1) is 11.8 Å². The number of carbonyl (C=O) groups is 1. The molecule has 4 aromatic rings. The molecule has 1 aliphatic heterocycles. The van der Waals surface area contributed by atoms with E-state index in [9.17, 15) is 4.79 Å². The number of aromatic nitrogens is 6. The van der Waals surface area contributed by atoms with Crippen LogP contribution in [0.25, 0.3) is 11.2 Å². The average Bonchev–Trinajstić information content (AvgIpc) is 3.15. The van der Waals surface area contributed by atoms with Crippen LogP contribution in [0.4, 0.5) is 11.5 Å². The number of anilines is 2. The number of thioether (sulfide) groups is 1. The van der Waals surface area contributed by atoms with E-state index in [1.807, 2.05) is 4.57 Å². The molecular weight excluding hydrogens is 422 g/mol. The molecule has 0 radical (unpaired) electrons. The normalized spacial score (nSPS) is 12.3. The number of benzene rings is 1. The maximum Gasteiger partial charge on any atom is 0.304 e. The first-order valence-electron chi connectivity index (χ1n) is 9.06. The lowest BCUT2D eigenvalue weighted by Gasteiger charge is -2.19. The Morgan fingerprint density at radius 1 is 1.17 bits per heavy atom. The Labute approximate surface area is 179 Å². The van der Waals surface area contributed by atoms with Gasteiger partial charge in [-0.2, -0.15) is 0 Å². The van der Waals surface area contributed by atoms with Crippen molar-refractivity contribution in [3.05, 3.63) is 48.8 Å². The summed E-state index contributed by atoms with van der Waals surface area (Å²) in [4.78, 5) is 33.6. The fourth-order valence-corrected chi connectivity index (χ4v) is 4.84. The molecule has 0 aliphatic carbocycles. The van der Waals surface area contributed by atoms with Crippen LogP contribution in [0.3, 0.4) is 0 Å². The fraction of sp³-hybridized carbons (Fsp3) is 0.158. The van der Waals surface area contributed by atoms with E-state index in [1.165, 1.54) is 18.1 Å². The van der Waals surface area contributed by atoms with Crippen LogP contribution < -0.4 is 5.32 Å². The molecule has 0 atom stereocenters. The van der Waals surface area contributed by atoms with Crippen molar-refractivity contribution in [2.24, 2.45) is 0 Å².